The van der Waals surface area contributed by atoms with Crippen molar-refractivity contribution in [2.45, 2.75) is 32.2 Å². The average Bonchev–Trinajstić information content (AvgIpc) is 2.96. The van der Waals surface area contributed by atoms with E-state index in [-0.39, 0.29) is 11.9 Å². The SMILES string of the molecule is CCC(NC(=O)C1(C(N)=S)CC1)c1cccs1. The summed E-state index contributed by atoms with van der Waals surface area (Å²) < 4.78 is 0. The summed E-state index contributed by atoms with van der Waals surface area (Å²) in [6.07, 6.45) is 2.45. The molecule has 1 aromatic heterocycles. The molecule has 3 N–H and O–H groups in total. The summed E-state index contributed by atoms with van der Waals surface area (Å²) in [5, 5.41) is 5.08. The number of rotatable bonds is 5. The van der Waals surface area contributed by atoms with Crippen molar-refractivity contribution in [2.24, 2.45) is 11.1 Å². The molecular weight excluding hydrogens is 252 g/mol. The minimum absolute atomic E-state index is 0.00903. The highest BCUT2D eigenvalue weighted by atomic mass is 32.1. The topological polar surface area (TPSA) is 55.1 Å². The van der Waals surface area contributed by atoms with Crippen LogP contribution in [0, 0.1) is 5.41 Å². The van der Waals surface area contributed by atoms with Crippen LogP contribution in [0.5, 0.6) is 0 Å². The highest BCUT2D eigenvalue weighted by Crippen LogP contribution is 2.46. The van der Waals surface area contributed by atoms with Gasteiger partial charge >= 0.3 is 0 Å². The fourth-order valence-electron chi connectivity index (χ4n) is 1.87. The number of carbonyl (C=O) groups excluding carboxylic acids is 1. The van der Waals surface area contributed by atoms with Crippen molar-refractivity contribution in [3.8, 4) is 0 Å². The first-order chi connectivity index (χ1) is 8.10. The Morgan fingerprint density at radius 1 is 1.71 bits per heavy atom. The van der Waals surface area contributed by atoms with Crippen molar-refractivity contribution >= 4 is 34.5 Å². The molecule has 1 atom stereocenters. The fourth-order valence-corrected chi connectivity index (χ4v) is 3.03. The van der Waals surface area contributed by atoms with Crippen LogP contribution in [-0.4, -0.2) is 10.9 Å². The quantitative estimate of drug-likeness (QED) is 0.806. The first kappa shape index (κ1) is 12.5. The van der Waals surface area contributed by atoms with Crippen LogP contribution in [0.3, 0.4) is 0 Å². The Labute approximate surface area is 110 Å². The van der Waals surface area contributed by atoms with Gasteiger partial charge in [-0.1, -0.05) is 25.2 Å². The van der Waals surface area contributed by atoms with E-state index in [1.165, 1.54) is 4.88 Å². The van der Waals surface area contributed by atoms with E-state index in [9.17, 15) is 4.79 Å². The van der Waals surface area contributed by atoms with Gasteiger partial charge in [0.25, 0.3) is 0 Å². The van der Waals surface area contributed by atoms with E-state index in [0.717, 1.165) is 19.3 Å². The maximum absolute atomic E-state index is 12.2. The molecule has 0 saturated heterocycles. The summed E-state index contributed by atoms with van der Waals surface area (Å²) in [5.41, 5.74) is 5.09. The molecule has 0 spiro atoms. The molecule has 1 unspecified atom stereocenters. The number of amides is 1. The normalized spacial score (nSPS) is 18.4. The summed E-state index contributed by atoms with van der Waals surface area (Å²) in [4.78, 5) is 13.7. The molecule has 0 bridgehead atoms. The summed E-state index contributed by atoms with van der Waals surface area (Å²) >= 11 is 6.64. The second-order valence-electron chi connectivity index (χ2n) is 4.40. The highest BCUT2D eigenvalue weighted by molar-refractivity contribution is 7.80. The van der Waals surface area contributed by atoms with Crippen LogP contribution >= 0.6 is 23.6 Å². The second-order valence-corrected chi connectivity index (χ2v) is 5.82. The van der Waals surface area contributed by atoms with Crippen molar-refractivity contribution in [2.75, 3.05) is 0 Å². The van der Waals surface area contributed by atoms with Crippen LogP contribution in [0.15, 0.2) is 17.5 Å². The van der Waals surface area contributed by atoms with E-state index < -0.39 is 5.41 Å². The van der Waals surface area contributed by atoms with Gasteiger partial charge in [-0.15, -0.1) is 11.3 Å². The molecule has 1 aromatic rings. The average molecular weight is 268 g/mol. The van der Waals surface area contributed by atoms with Gasteiger partial charge in [-0.05, 0) is 30.7 Å². The van der Waals surface area contributed by atoms with E-state index in [4.69, 9.17) is 18.0 Å². The third-order valence-electron chi connectivity index (χ3n) is 3.26. The van der Waals surface area contributed by atoms with Crippen LogP contribution in [0.25, 0.3) is 0 Å². The molecule has 17 heavy (non-hydrogen) atoms. The fraction of sp³-hybridized carbons (Fsp3) is 0.500. The van der Waals surface area contributed by atoms with Crippen LogP contribution < -0.4 is 11.1 Å². The first-order valence-corrected chi connectivity index (χ1v) is 7.03. The number of carbonyl (C=O) groups is 1. The maximum atomic E-state index is 12.2. The van der Waals surface area contributed by atoms with Gasteiger partial charge in [-0.25, -0.2) is 0 Å². The molecular formula is C12H16N2OS2. The van der Waals surface area contributed by atoms with Gasteiger partial charge in [-0.3, -0.25) is 4.79 Å². The predicted molar refractivity (Wildman–Crippen MR) is 73.9 cm³/mol. The lowest BCUT2D eigenvalue weighted by atomic mass is 10.1. The van der Waals surface area contributed by atoms with Crippen LogP contribution in [0.2, 0.25) is 0 Å². The molecule has 1 aliphatic rings. The second kappa shape index (κ2) is 4.74. The Morgan fingerprint density at radius 3 is 2.82 bits per heavy atom. The number of nitrogens with one attached hydrogen (secondary N) is 1. The molecule has 0 aromatic carbocycles. The lowest BCUT2D eigenvalue weighted by molar-refractivity contribution is -0.124. The summed E-state index contributed by atoms with van der Waals surface area (Å²) in [6.45, 7) is 2.06. The van der Waals surface area contributed by atoms with E-state index in [1.807, 2.05) is 17.5 Å². The number of hydrogen-bond acceptors (Lipinski definition) is 3. The Hall–Kier alpha value is -0.940. The van der Waals surface area contributed by atoms with Gasteiger partial charge in [0.15, 0.2) is 0 Å². The van der Waals surface area contributed by atoms with Gasteiger partial charge in [0.2, 0.25) is 5.91 Å². The van der Waals surface area contributed by atoms with Gasteiger partial charge in [0.05, 0.1) is 16.4 Å². The van der Waals surface area contributed by atoms with Crippen LogP contribution in [0.1, 0.15) is 37.1 Å². The van der Waals surface area contributed by atoms with Gasteiger partial charge < -0.3 is 11.1 Å². The number of nitrogens with two attached hydrogens (primary N) is 1. The van der Waals surface area contributed by atoms with Crippen molar-refractivity contribution < 1.29 is 4.79 Å². The molecule has 1 fully saturated rings. The summed E-state index contributed by atoms with van der Waals surface area (Å²) in [5.74, 6) is -0.00903. The molecule has 5 heteroatoms. The third kappa shape index (κ3) is 2.35. The zero-order valence-electron chi connectivity index (χ0n) is 9.73. The van der Waals surface area contributed by atoms with Crippen LogP contribution in [0.4, 0.5) is 0 Å². The van der Waals surface area contributed by atoms with Gasteiger partial charge in [0.1, 0.15) is 0 Å². The lowest BCUT2D eigenvalue weighted by Crippen LogP contribution is -2.41. The van der Waals surface area contributed by atoms with Gasteiger partial charge in [-0.2, -0.15) is 0 Å². The van der Waals surface area contributed by atoms with Crippen molar-refractivity contribution in [1.82, 2.24) is 5.32 Å². The van der Waals surface area contributed by atoms with Gasteiger partial charge in [0, 0.05) is 4.88 Å². The Kier molecular flexibility index (Phi) is 3.49. The van der Waals surface area contributed by atoms with Crippen molar-refractivity contribution in [3.63, 3.8) is 0 Å². The number of thiocarbonyl (C=S) groups is 1. The molecule has 1 heterocycles. The minimum Gasteiger partial charge on any atom is -0.392 e. The smallest absolute Gasteiger partial charge is 0.233 e. The third-order valence-corrected chi connectivity index (χ3v) is 4.63. The molecule has 0 aliphatic heterocycles. The maximum Gasteiger partial charge on any atom is 0.233 e. The Morgan fingerprint density at radius 2 is 2.41 bits per heavy atom. The molecule has 1 aliphatic carbocycles. The predicted octanol–water partition coefficient (Wildman–Crippen LogP) is 2.38. The Balaban J connectivity index is 2.05. The lowest BCUT2D eigenvalue weighted by Gasteiger charge is -2.20. The van der Waals surface area contributed by atoms with Crippen molar-refractivity contribution in [1.29, 1.82) is 0 Å². The van der Waals surface area contributed by atoms with Crippen molar-refractivity contribution in [3.05, 3.63) is 22.4 Å². The number of thiophene rings is 1. The minimum atomic E-state index is -0.556. The van der Waals surface area contributed by atoms with E-state index in [0.29, 0.717) is 4.99 Å². The molecule has 3 nitrogen and oxygen atoms in total. The molecule has 92 valence electrons. The van der Waals surface area contributed by atoms with E-state index in [1.54, 1.807) is 11.3 Å². The molecule has 1 saturated carbocycles. The van der Waals surface area contributed by atoms with E-state index in [2.05, 4.69) is 12.2 Å². The first-order valence-electron chi connectivity index (χ1n) is 5.74. The summed E-state index contributed by atoms with van der Waals surface area (Å²) in [7, 11) is 0. The molecule has 0 radical (unpaired) electrons. The molecule has 2 rings (SSSR count). The highest BCUT2D eigenvalue weighted by Gasteiger charge is 2.53. The number of hydrogen-bond donors (Lipinski definition) is 2. The summed E-state index contributed by atoms with van der Waals surface area (Å²) in [6, 6.07) is 4.11. The zero-order valence-corrected chi connectivity index (χ0v) is 11.4. The largest absolute Gasteiger partial charge is 0.392 e. The Bertz CT molecular complexity index is 424. The standard InChI is InChI=1S/C12H16N2OS2/c1-2-8(9-4-3-7-17-9)14-11(15)12(5-6-12)10(13)16/h3-4,7-8H,2,5-6H2,1H3,(H2,13,16)(H,14,15). The van der Waals surface area contributed by atoms with E-state index >= 15 is 0 Å². The zero-order chi connectivity index (χ0) is 12.5. The monoisotopic (exact) mass is 268 g/mol. The molecule has 1 amide bonds. The van der Waals surface area contributed by atoms with Crippen LogP contribution in [-0.2, 0) is 4.79 Å².